The van der Waals surface area contributed by atoms with Crippen LogP contribution in [0.1, 0.15) is 6.42 Å². The molecule has 1 rings (SSSR count). The van der Waals surface area contributed by atoms with Gasteiger partial charge in [-0.2, -0.15) is 0 Å². The first-order chi connectivity index (χ1) is 5.13. The van der Waals surface area contributed by atoms with Gasteiger partial charge in [0.1, 0.15) is 6.04 Å². The topological polar surface area (TPSA) is 86.6 Å². The van der Waals surface area contributed by atoms with Crippen LogP contribution in [-0.4, -0.2) is 64.3 Å². The largest absolute Gasteiger partial charge is 0.481 e. The molecule has 1 saturated heterocycles. The average Bonchev–Trinajstić information content (AvgIpc) is 2.32. The second kappa shape index (κ2) is 4.81. The zero-order chi connectivity index (χ0) is 8.43. The van der Waals surface area contributed by atoms with Crippen molar-refractivity contribution in [1.82, 2.24) is 5.32 Å². The molecule has 1 fully saturated rings. The molecule has 0 amide bonds. The molecule has 0 aromatic heterocycles. The van der Waals surface area contributed by atoms with Crippen molar-refractivity contribution >= 4 is 41.5 Å². The third-order valence-electron chi connectivity index (χ3n) is 1.81. The van der Waals surface area contributed by atoms with Gasteiger partial charge in [-0.1, -0.05) is 0 Å². The van der Waals surface area contributed by atoms with E-state index in [9.17, 15) is 9.59 Å². The van der Waals surface area contributed by atoms with Crippen molar-refractivity contribution in [3.63, 3.8) is 0 Å². The standard InChI is InChI=1S/C6H9NO4.Na/c8-5(9)3-1-2-7-4(3)6(10)11;/h3-4,7H,1-2H2,(H,8,9)(H,10,11);. The van der Waals surface area contributed by atoms with Gasteiger partial charge in [-0.3, -0.25) is 9.59 Å². The molecule has 3 N–H and O–H groups in total. The van der Waals surface area contributed by atoms with E-state index < -0.39 is 23.9 Å². The fraction of sp³-hybridized carbons (Fsp3) is 0.667. The van der Waals surface area contributed by atoms with Crippen molar-refractivity contribution in [1.29, 1.82) is 0 Å². The van der Waals surface area contributed by atoms with Crippen molar-refractivity contribution in [2.45, 2.75) is 12.5 Å². The van der Waals surface area contributed by atoms with E-state index in [1.165, 1.54) is 0 Å². The third-order valence-corrected chi connectivity index (χ3v) is 1.81. The van der Waals surface area contributed by atoms with Gasteiger partial charge in [0.25, 0.3) is 0 Å². The van der Waals surface area contributed by atoms with Crippen LogP contribution in [0.2, 0.25) is 0 Å². The summed E-state index contributed by atoms with van der Waals surface area (Å²) in [5.74, 6) is -2.90. The van der Waals surface area contributed by atoms with Gasteiger partial charge >= 0.3 is 11.9 Å². The molecule has 1 aliphatic heterocycles. The molecule has 2 unspecified atom stereocenters. The van der Waals surface area contributed by atoms with E-state index in [-0.39, 0.29) is 29.6 Å². The summed E-state index contributed by atoms with van der Waals surface area (Å²) < 4.78 is 0. The molecule has 0 saturated carbocycles. The molecular formula is C6H9NNaO4. The van der Waals surface area contributed by atoms with Crippen LogP contribution in [0, 0.1) is 5.92 Å². The maximum atomic E-state index is 10.4. The molecule has 1 radical (unpaired) electrons. The minimum atomic E-state index is -1.09. The van der Waals surface area contributed by atoms with Crippen LogP contribution in [-0.2, 0) is 9.59 Å². The number of nitrogens with one attached hydrogen (secondary N) is 1. The smallest absolute Gasteiger partial charge is 0.321 e. The number of carboxylic acids is 2. The van der Waals surface area contributed by atoms with Gasteiger partial charge in [-0.25, -0.2) is 0 Å². The number of rotatable bonds is 2. The van der Waals surface area contributed by atoms with E-state index in [0.29, 0.717) is 13.0 Å². The van der Waals surface area contributed by atoms with Gasteiger partial charge in [-0.15, -0.1) is 0 Å². The van der Waals surface area contributed by atoms with Crippen LogP contribution in [0.25, 0.3) is 0 Å². The summed E-state index contributed by atoms with van der Waals surface area (Å²) >= 11 is 0. The number of hydrogen-bond donors (Lipinski definition) is 3. The van der Waals surface area contributed by atoms with Crippen LogP contribution in [0.15, 0.2) is 0 Å². The molecule has 1 heterocycles. The first-order valence-electron chi connectivity index (χ1n) is 3.32. The Bertz CT molecular complexity index is 176. The molecule has 0 spiro atoms. The van der Waals surface area contributed by atoms with Crippen LogP contribution in [0.5, 0.6) is 0 Å². The quantitative estimate of drug-likeness (QED) is 0.464. The summed E-state index contributed by atoms with van der Waals surface area (Å²) in [4.78, 5) is 20.8. The van der Waals surface area contributed by atoms with Crippen LogP contribution in [0.4, 0.5) is 0 Å². The van der Waals surface area contributed by atoms with E-state index in [4.69, 9.17) is 10.2 Å². The summed E-state index contributed by atoms with van der Waals surface area (Å²) in [7, 11) is 0. The first kappa shape index (κ1) is 11.9. The van der Waals surface area contributed by atoms with Crippen molar-refractivity contribution in [3.05, 3.63) is 0 Å². The van der Waals surface area contributed by atoms with Gasteiger partial charge in [0.05, 0.1) is 5.92 Å². The Hall–Kier alpha value is -0.100. The molecule has 5 nitrogen and oxygen atoms in total. The molecule has 0 aromatic rings. The second-order valence-electron chi connectivity index (χ2n) is 2.50. The average molecular weight is 182 g/mol. The Labute approximate surface area is 91.4 Å². The normalized spacial score (nSPS) is 27.7. The van der Waals surface area contributed by atoms with Gasteiger partial charge in [0.15, 0.2) is 0 Å². The van der Waals surface area contributed by atoms with Crippen molar-refractivity contribution in [3.8, 4) is 0 Å². The summed E-state index contributed by atoms with van der Waals surface area (Å²) in [6, 6.07) is -0.910. The molecule has 0 bridgehead atoms. The van der Waals surface area contributed by atoms with Gasteiger partial charge in [0, 0.05) is 29.6 Å². The Kier molecular flexibility index (Phi) is 4.77. The first-order valence-corrected chi connectivity index (χ1v) is 3.32. The SMILES string of the molecule is O=C(O)C1CCNC1C(=O)O.[Na]. The Balaban J connectivity index is 0.00000121. The predicted molar refractivity (Wildman–Crippen MR) is 40.9 cm³/mol. The summed E-state index contributed by atoms with van der Waals surface area (Å²) in [6.45, 7) is 0.466. The van der Waals surface area contributed by atoms with E-state index in [1.54, 1.807) is 0 Å². The zero-order valence-corrected chi connectivity index (χ0v) is 8.78. The van der Waals surface area contributed by atoms with E-state index in [1.807, 2.05) is 0 Å². The monoisotopic (exact) mass is 182 g/mol. The molecular weight excluding hydrogens is 173 g/mol. The van der Waals surface area contributed by atoms with Crippen LogP contribution < -0.4 is 5.32 Å². The van der Waals surface area contributed by atoms with Crippen molar-refractivity contribution < 1.29 is 19.8 Å². The number of carboxylic acid groups (broad SMARTS) is 2. The maximum Gasteiger partial charge on any atom is 0.321 e. The predicted octanol–water partition coefficient (Wildman–Crippen LogP) is -1.25. The molecule has 63 valence electrons. The Morgan fingerprint density at radius 1 is 1.25 bits per heavy atom. The minimum Gasteiger partial charge on any atom is -0.481 e. The number of hydrogen-bond acceptors (Lipinski definition) is 3. The summed E-state index contributed by atoms with van der Waals surface area (Å²) in [5.41, 5.74) is 0. The Morgan fingerprint density at radius 3 is 2.17 bits per heavy atom. The van der Waals surface area contributed by atoms with E-state index >= 15 is 0 Å². The third kappa shape index (κ3) is 2.45. The fourth-order valence-electron chi connectivity index (χ4n) is 1.23. The van der Waals surface area contributed by atoms with Gasteiger partial charge in [0.2, 0.25) is 0 Å². The van der Waals surface area contributed by atoms with Crippen molar-refractivity contribution in [2.24, 2.45) is 5.92 Å². The summed E-state index contributed by atoms with van der Waals surface area (Å²) in [5, 5.41) is 19.6. The van der Waals surface area contributed by atoms with E-state index in [2.05, 4.69) is 5.32 Å². The fourth-order valence-corrected chi connectivity index (χ4v) is 1.23. The molecule has 0 aliphatic carbocycles. The second-order valence-corrected chi connectivity index (χ2v) is 2.50. The molecule has 6 heteroatoms. The number of aliphatic carboxylic acids is 2. The Morgan fingerprint density at radius 2 is 1.83 bits per heavy atom. The molecule has 0 aromatic carbocycles. The number of carbonyl (C=O) groups is 2. The van der Waals surface area contributed by atoms with E-state index in [0.717, 1.165) is 0 Å². The van der Waals surface area contributed by atoms with Crippen molar-refractivity contribution in [2.75, 3.05) is 6.54 Å². The molecule has 12 heavy (non-hydrogen) atoms. The molecule has 1 aliphatic rings. The van der Waals surface area contributed by atoms with Gasteiger partial charge < -0.3 is 15.5 Å². The summed E-state index contributed by atoms with van der Waals surface area (Å²) in [6.07, 6.45) is 0.395. The maximum absolute atomic E-state index is 10.4. The van der Waals surface area contributed by atoms with Crippen LogP contribution in [0.3, 0.4) is 0 Å². The van der Waals surface area contributed by atoms with Gasteiger partial charge in [-0.05, 0) is 13.0 Å². The molecule has 2 atom stereocenters. The van der Waals surface area contributed by atoms with Crippen LogP contribution >= 0.6 is 0 Å². The zero-order valence-electron chi connectivity index (χ0n) is 6.78. The minimum absolute atomic E-state index is 0.